The van der Waals surface area contributed by atoms with E-state index in [1.807, 2.05) is 18.2 Å². The van der Waals surface area contributed by atoms with Gasteiger partial charge < -0.3 is 4.74 Å². The fourth-order valence-corrected chi connectivity index (χ4v) is 1.48. The molecule has 0 radical (unpaired) electrons. The van der Waals surface area contributed by atoms with Gasteiger partial charge in [-0.1, -0.05) is 50.1 Å². The van der Waals surface area contributed by atoms with Crippen LogP contribution < -0.4 is 0 Å². The molecule has 0 heterocycles. The Morgan fingerprint density at radius 2 is 2.00 bits per heavy atom. The number of halogens is 2. The molecular formula is C9H10Br2O. The van der Waals surface area contributed by atoms with Crippen LogP contribution in [0.15, 0.2) is 28.7 Å². The van der Waals surface area contributed by atoms with E-state index in [9.17, 15) is 0 Å². The van der Waals surface area contributed by atoms with Gasteiger partial charge in [-0.15, -0.1) is 0 Å². The molecule has 1 rings (SSSR count). The van der Waals surface area contributed by atoms with E-state index in [2.05, 4.69) is 37.9 Å². The molecule has 0 aliphatic rings. The first-order valence-electron chi connectivity index (χ1n) is 3.71. The van der Waals surface area contributed by atoms with E-state index in [1.165, 1.54) is 5.56 Å². The van der Waals surface area contributed by atoms with Crippen molar-refractivity contribution in [3.05, 3.63) is 34.3 Å². The van der Waals surface area contributed by atoms with Gasteiger partial charge in [0.15, 0.2) is 0 Å². The van der Waals surface area contributed by atoms with E-state index in [0.717, 1.165) is 16.4 Å². The molecule has 12 heavy (non-hydrogen) atoms. The molecule has 0 amide bonds. The van der Waals surface area contributed by atoms with Gasteiger partial charge in [0.25, 0.3) is 0 Å². The number of rotatable bonds is 4. The fourth-order valence-electron chi connectivity index (χ4n) is 0.852. The molecule has 1 nitrogen and oxygen atoms in total. The molecule has 1 aromatic carbocycles. The minimum Gasteiger partial charge on any atom is -0.376 e. The highest BCUT2D eigenvalue weighted by molar-refractivity contribution is 9.10. The second-order valence-electron chi connectivity index (χ2n) is 2.33. The van der Waals surface area contributed by atoms with Gasteiger partial charge in [-0.05, 0) is 11.6 Å². The zero-order valence-electron chi connectivity index (χ0n) is 6.59. The van der Waals surface area contributed by atoms with Crippen LogP contribution in [0.3, 0.4) is 0 Å². The van der Waals surface area contributed by atoms with Crippen molar-refractivity contribution in [1.82, 2.24) is 0 Å². The summed E-state index contributed by atoms with van der Waals surface area (Å²) in [7, 11) is 0. The van der Waals surface area contributed by atoms with Crippen LogP contribution in [0.1, 0.15) is 5.56 Å². The van der Waals surface area contributed by atoms with Gasteiger partial charge in [-0.3, -0.25) is 0 Å². The van der Waals surface area contributed by atoms with Gasteiger partial charge in [0.05, 0.1) is 13.2 Å². The average Bonchev–Trinajstić information content (AvgIpc) is 2.09. The van der Waals surface area contributed by atoms with Crippen LogP contribution in [-0.4, -0.2) is 11.9 Å². The molecule has 0 saturated heterocycles. The first-order valence-corrected chi connectivity index (χ1v) is 5.63. The molecule has 0 aliphatic carbocycles. The molecule has 0 atom stereocenters. The minimum absolute atomic E-state index is 0.674. The first-order chi connectivity index (χ1) is 5.84. The normalized spacial score (nSPS) is 10.2. The zero-order valence-corrected chi connectivity index (χ0v) is 9.77. The summed E-state index contributed by atoms with van der Waals surface area (Å²) in [5.74, 6) is 0. The molecule has 0 saturated carbocycles. The monoisotopic (exact) mass is 292 g/mol. The summed E-state index contributed by atoms with van der Waals surface area (Å²) in [6.45, 7) is 1.42. The topological polar surface area (TPSA) is 9.23 Å². The standard InChI is InChI=1S/C9H10Br2O/c10-5-6-12-7-8-3-1-2-4-9(8)11/h1-4H,5-7H2. The van der Waals surface area contributed by atoms with E-state index < -0.39 is 0 Å². The Hall–Kier alpha value is 0.140. The van der Waals surface area contributed by atoms with E-state index in [1.54, 1.807) is 0 Å². The van der Waals surface area contributed by atoms with Gasteiger partial charge in [-0.2, -0.15) is 0 Å². The Morgan fingerprint density at radius 1 is 1.25 bits per heavy atom. The summed E-state index contributed by atoms with van der Waals surface area (Å²) < 4.78 is 6.48. The highest BCUT2D eigenvalue weighted by atomic mass is 79.9. The van der Waals surface area contributed by atoms with Crippen LogP contribution in [0.5, 0.6) is 0 Å². The van der Waals surface area contributed by atoms with Crippen molar-refractivity contribution in [2.75, 3.05) is 11.9 Å². The van der Waals surface area contributed by atoms with Crippen molar-refractivity contribution >= 4 is 31.9 Å². The largest absolute Gasteiger partial charge is 0.376 e. The SMILES string of the molecule is BrCCOCc1ccccc1Br. The van der Waals surface area contributed by atoms with Crippen LogP contribution in [0.2, 0.25) is 0 Å². The van der Waals surface area contributed by atoms with Crippen molar-refractivity contribution < 1.29 is 4.74 Å². The zero-order chi connectivity index (χ0) is 8.81. The highest BCUT2D eigenvalue weighted by Gasteiger charge is 1.96. The first kappa shape index (κ1) is 10.2. The molecule has 0 bridgehead atoms. The van der Waals surface area contributed by atoms with Gasteiger partial charge >= 0.3 is 0 Å². The second kappa shape index (κ2) is 5.73. The lowest BCUT2D eigenvalue weighted by Crippen LogP contribution is -1.96. The van der Waals surface area contributed by atoms with E-state index >= 15 is 0 Å². The van der Waals surface area contributed by atoms with Gasteiger partial charge in [0.2, 0.25) is 0 Å². The van der Waals surface area contributed by atoms with Crippen molar-refractivity contribution in [2.45, 2.75) is 6.61 Å². The molecule has 0 fully saturated rings. The molecule has 3 heteroatoms. The maximum Gasteiger partial charge on any atom is 0.0728 e. The number of hydrogen-bond acceptors (Lipinski definition) is 1. The lowest BCUT2D eigenvalue weighted by atomic mass is 10.2. The number of alkyl halides is 1. The Morgan fingerprint density at radius 3 is 2.67 bits per heavy atom. The Balaban J connectivity index is 2.46. The number of benzene rings is 1. The quantitative estimate of drug-likeness (QED) is 0.611. The van der Waals surface area contributed by atoms with Crippen molar-refractivity contribution in [3.63, 3.8) is 0 Å². The van der Waals surface area contributed by atoms with E-state index in [4.69, 9.17) is 4.74 Å². The van der Waals surface area contributed by atoms with Crippen molar-refractivity contribution in [1.29, 1.82) is 0 Å². The maximum absolute atomic E-state index is 5.37. The Bertz CT molecular complexity index is 238. The summed E-state index contributed by atoms with van der Waals surface area (Å²) in [6.07, 6.45) is 0. The van der Waals surface area contributed by atoms with Crippen LogP contribution in [0.4, 0.5) is 0 Å². The Labute approximate surface area is 89.4 Å². The molecule has 0 N–H and O–H groups in total. The third-order valence-electron chi connectivity index (χ3n) is 1.44. The molecule has 66 valence electrons. The molecule has 0 aliphatic heterocycles. The summed E-state index contributed by atoms with van der Waals surface area (Å²) in [5.41, 5.74) is 1.19. The summed E-state index contributed by atoms with van der Waals surface area (Å²) in [6, 6.07) is 8.08. The highest BCUT2D eigenvalue weighted by Crippen LogP contribution is 2.16. The lowest BCUT2D eigenvalue weighted by Gasteiger charge is -2.03. The third-order valence-corrected chi connectivity index (χ3v) is 2.53. The molecule has 1 aromatic rings. The molecular weight excluding hydrogens is 284 g/mol. The van der Waals surface area contributed by atoms with E-state index in [0.29, 0.717) is 6.61 Å². The van der Waals surface area contributed by atoms with Crippen molar-refractivity contribution in [2.24, 2.45) is 0 Å². The number of ether oxygens (including phenoxy) is 1. The fraction of sp³-hybridized carbons (Fsp3) is 0.333. The van der Waals surface area contributed by atoms with Crippen LogP contribution in [0.25, 0.3) is 0 Å². The van der Waals surface area contributed by atoms with Crippen LogP contribution in [0, 0.1) is 0 Å². The van der Waals surface area contributed by atoms with E-state index in [-0.39, 0.29) is 0 Å². The average molecular weight is 294 g/mol. The third kappa shape index (κ3) is 3.25. The summed E-state index contributed by atoms with van der Waals surface area (Å²) >= 11 is 6.76. The number of hydrogen-bond donors (Lipinski definition) is 0. The molecule has 0 spiro atoms. The predicted molar refractivity (Wildman–Crippen MR) is 57.6 cm³/mol. The molecule has 0 aromatic heterocycles. The second-order valence-corrected chi connectivity index (χ2v) is 3.98. The smallest absolute Gasteiger partial charge is 0.0728 e. The summed E-state index contributed by atoms with van der Waals surface area (Å²) in [5, 5.41) is 0.886. The summed E-state index contributed by atoms with van der Waals surface area (Å²) in [4.78, 5) is 0. The van der Waals surface area contributed by atoms with Crippen LogP contribution >= 0.6 is 31.9 Å². The maximum atomic E-state index is 5.37. The van der Waals surface area contributed by atoms with Crippen molar-refractivity contribution in [3.8, 4) is 0 Å². The predicted octanol–water partition coefficient (Wildman–Crippen LogP) is 3.36. The Kier molecular flexibility index (Phi) is 4.88. The molecule has 0 unspecified atom stereocenters. The lowest BCUT2D eigenvalue weighted by molar-refractivity contribution is 0.136. The van der Waals surface area contributed by atoms with Gasteiger partial charge in [0.1, 0.15) is 0 Å². The van der Waals surface area contributed by atoms with Crippen LogP contribution in [-0.2, 0) is 11.3 Å². The van der Waals surface area contributed by atoms with Gasteiger partial charge in [0, 0.05) is 9.80 Å². The van der Waals surface area contributed by atoms with Gasteiger partial charge in [-0.25, -0.2) is 0 Å². The minimum atomic E-state index is 0.674.